The van der Waals surface area contributed by atoms with Gasteiger partial charge in [-0.25, -0.2) is 0 Å². The first-order chi connectivity index (χ1) is 8.83. The topological polar surface area (TPSA) is 97.6 Å². The van der Waals surface area contributed by atoms with Crippen LogP contribution in [0.1, 0.15) is 20.3 Å². The highest BCUT2D eigenvalue weighted by atomic mass is 16.8. The van der Waals surface area contributed by atoms with Crippen LogP contribution < -0.4 is 0 Å². The maximum Gasteiger partial charge on any atom is 0.164 e. The smallest absolute Gasteiger partial charge is 0.164 e. The number of fused-ring (bicyclic) bond motifs is 1. The second-order valence-electron chi connectivity index (χ2n) is 5.59. The molecular formula is C12H22O7. The van der Waals surface area contributed by atoms with E-state index in [0.29, 0.717) is 0 Å². The van der Waals surface area contributed by atoms with Gasteiger partial charge in [0.1, 0.15) is 30.7 Å². The second kappa shape index (κ2) is 5.25. The summed E-state index contributed by atoms with van der Waals surface area (Å²) in [5.41, 5.74) is -1.66. The van der Waals surface area contributed by atoms with Gasteiger partial charge in [-0.05, 0) is 13.8 Å². The van der Waals surface area contributed by atoms with Crippen LogP contribution in [0, 0.1) is 0 Å². The lowest BCUT2D eigenvalue weighted by Gasteiger charge is -2.44. The molecule has 0 aromatic rings. The van der Waals surface area contributed by atoms with Gasteiger partial charge >= 0.3 is 0 Å². The lowest BCUT2D eigenvalue weighted by Crippen LogP contribution is -2.63. The third-order valence-corrected chi connectivity index (χ3v) is 3.62. The average Bonchev–Trinajstić information content (AvgIpc) is 2.68. The Hall–Kier alpha value is -0.280. The molecule has 1 aliphatic heterocycles. The molecule has 0 radical (unpaired) electrons. The van der Waals surface area contributed by atoms with Crippen molar-refractivity contribution in [2.75, 3.05) is 20.5 Å². The van der Waals surface area contributed by atoms with Gasteiger partial charge in [0.2, 0.25) is 0 Å². The molecule has 19 heavy (non-hydrogen) atoms. The normalized spacial score (nSPS) is 45.2. The van der Waals surface area contributed by atoms with Gasteiger partial charge in [0.25, 0.3) is 0 Å². The van der Waals surface area contributed by atoms with Gasteiger partial charge in [-0.3, -0.25) is 0 Å². The Morgan fingerprint density at radius 3 is 2.47 bits per heavy atom. The van der Waals surface area contributed by atoms with Crippen LogP contribution >= 0.6 is 0 Å². The van der Waals surface area contributed by atoms with E-state index in [1.54, 1.807) is 13.8 Å². The lowest BCUT2D eigenvalue weighted by atomic mass is 9.77. The lowest BCUT2D eigenvalue weighted by molar-refractivity contribution is -0.222. The Morgan fingerprint density at radius 2 is 1.89 bits per heavy atom. The van der Waals surface area contributed by atoms with Crippen LogP contribution in [0.15, 0.2) is 0 Å². The molecule has 2 fully saturated rings. The summed E-state index contributed by atoms with van der Waals surface area (Å²) in [7, 11) is 1.49. The highest BCUT2D eigenvalue weighted by Gasteiger charge is 2.59. The number of rotatable bonds is 4. The number of hydrogen-bond acceptors (Lipinski definition) is 7. The molecule has 0 aromatic heterocycles. The van der Waals surface area contributed by atoms with Crippen molar-refractivity contribution >= 4 is 0 Å². The zero-order chi connectivity index (χ0) is 14.3. The SMILES string of the molecule is COCO[C@@H]1C[C@](O)(CO)[C@@H](O)[C@@H]2OC(C)(C)O[C@@H]21. The van der Waals surface area contributed by atoms with E-state index in [-0.39, 0.29) is 13.2 Å². The predicted molar refractivity (Wildman–Crippen MR) is 63.2 cm³/mol. The van der Waals surface area contributed by atoms with Crippen molar-refractivity contribution in [1.82, 2.24) is 0 Å². The standard InChI is InChI=1S/C12H22O7/c1-11(2)18-8-7(17-6-16-3)4-12(15,5-13)10(14)9(8)19-11/h7-10,13-15H,4-6H2,1-3H3/t7-,8-,9-,10+,12+/m1/s1. The fourth-order valence-corrected chi connectivity index (χ4v) is 2.71. The highest BCUT2D eigenvalue weighted by Crippen LogP contribution is 2.41. The maximum atomic E-state index is 10.3. The number of aliphatic hydroxyl groups excluding tert-OH is 2. The van der Waals surface area contributed by atoms with E-state index >= 15 is 0 Å². The van der Waals surface area contributed by atoms with E-state index < -0.39 is 42.4 Å². The first kappa shape index (κ1) is 15.1. The van der Waals surface area contributed by atoms with Crippen molar-refractivity contribution in [3.63, 3.8) is 0 Å². The van der Waals surface area contributed by atoms with E-state index in [9.17, 15) is 15.3 Å². The minimum atomic E-state index is -1.66. The fraction of sp³-hybridized carbons (Fsp3) is 1.00. The van der Waals surface area contributed by atoms with Gasteiger partial charge in [-0.15, -0.1) is 0 Å². The Balaban J connectivity index is 2.20. The van der Waals surface area contributed by atoms with Crippen molar-refractivity contribution in [2.45, 2.75) is 56.1 Å². The summed E-state index contributed by atoms with van der Waals surface area (Å²) in [5.74, 6) is -0.869. The summed E-state index contributed by atoms with van der Waals surface area (Å²) in [6.07, 6.45) is -2.96. The fourth-order valence-electron chi connectivity index (χ4n) is 2.71. The molecule has 2 aliphatic rings. The van der Waals surface area contributed by atoms with E-state index in [4.69, 9.17) is 18.9 Å². The minimum absolute atomic E-state index is 0.0370. The maximum absolute atomic E-state index is 10.3. The Kier molecular flexibility index (Phi) is 4.18. The molecule has 112 valence electrons. The first-order valence-corrected chi connectivity index (χ1v) is 6.30. The van der Waals surface area contributed by atoms with E-state index in [0.717, 1.165) is 0 Å². The summed E-state index contributed by atoms with van der Waals surface area (Å²) < 4.78 is 21.6. The molecule has 5 atom stereocenters. The van der Waals surface area contributed by atoms with Gasteiger partial charge in [0.05, 0.1) is 12.7 Å². The quantitative estimate of drug-likeness (QED) is 0.566. The van der Waals surface area contributed by atoms with Gasteiger partial charge in [0.15, 0.2) is 5.79 Å². The van der Waals surface area contributed by atoms with Crippen LogP contribution in [0.5, 0.6) is 0 Å². The number of hydrogen-bond donors (Lipinski definition) is 3. The van der Waals surface area contributed by atoms with Crippen LogP contribution in [-0.2, 0) is 18.9 Å². The van der Waals surface area contributed by atoms with Crippen molar-refractivity contribution in [3.05, 3.63) is 0 Å². The summed E-state index contributed by atoms with van der Waals surface area (Å²) in [5, 5.41) is 29.8. The van der Waals surface area contributed by atoms with Crippen LogP contribution in [0.3, 0.4) is 0 Å². The van der Waals surface area contributed by atoms with Crippen LogP contribution in [-0.4, -0.2) is 71.6 Å². The zero-order valence-electron chi connectivity index (χ0n) is 11.4. The molecular weight excluding hydrogens is 256 g/mol. The molecule has 0 aromatic carbocycles. The summed E-state index contributed by atoms with van der Waals surface area (Å²) >= 11 is 0. The molecule has 1 saturated heterocycles. The third-order valence-electron chi connectivity index (χ3n) is 3.62. The summed E-state index contributed by atoms with van der Waals surface area (Å²) in [6, 6.07) is 0. The molecule has 3 N–H and O–H groups in total. The van der Waals surface area contributed by atoms with E-state index in [1.165, 1.54) is 7.11 Å². The largest absolute Gasteiger partial charge is 0.393 e. The molecule has 1 heterocycles. The number of methoxy groups -OCH3 is 1. The predicted octanol–water partition coefficient (Wildman–Crippen LogP) is -1.02. The second-order valence-corrected chi connectivity index (χ2v) is 5.59. The molecule has 2 rings (SSSR count). The Labute approximate surface area is 112 Å². The molecule has 0 amide bonds. The number of ether oxygens (including phenoxy) is 4. The zero-order valence-corrected chi connectivity index (χ0v) is 11.4. The molecule has 7 heteroatoms. The van der Waals surface area contributed by atoms with E-state index in [2.05, 4.69) is 0 Å². The van der Waals surface area contributed by atoms with E-state index in [1.807, 2.05) is 0 Å². The van der Waals surface area contributed by atoms with Gasteiger partial charge in [-0.1, -0.05) is 0 Å². The van der Waals surface area contributed by atoms with Crippen molar-refractivity contribution in [1.29, 1.82) is 0 Å². The molecule has 1 saturated carbocycles. The van der Waals surface area contributed by atoms with Crippen LogP contribution in [0.2, 0.25) is 0 Å². The van der Waals surface area contributed by atoms with Crippen molar-refractivity contribution in [2.24, 2.45) is 0 Å². The molecule has 0 unspecified atom stereocenters. The molecule has 0 spiro atoms. The molecule has 7 nitrogen and oxygen atoms in total. The highest BCUT2D eigenvalue weighted by molar-refractivity contribution is 5.06. The monoisotopic (exact) mass is 278 g/mol. The average molecular weight is 278 g/mol. The van der Waals surface area contributed by atoms with Crippen molar-refractivity contribution in [3.8, 4) is 0 Å². The summed E-state index contributed by atoms with van der Waals surface area (Å²) in [4.78, 5) is 0. The van der Waals surface area contributed by atoms with Gasteiger partial charge < -0.3 is 34.3 Å². The van der Waals surface area contributed by atoms with Gasteiger partial charge in [-0.2, -0.15) is 0 Å². The van der Waals surface area contributed by atoms with Crippen LogP contribution in [0.25, 0.3) is 0 Å². The van der Waals surface area contributed by atoms with Crippen molar-refractivity contribution < 1.29 is 34.3 Å². The van der Waals surface area contributed by atoms with Gasteiger partial charge in [0, 0.05) is 13.5 Å². The molecule has 1 aliphatic carbocycles. The van der Waals surface area contributed by atoms with Crippen LogP contribution in [0.4, 0.5) is 0 Å². The minimum Gasteiger partial charge on any atom is -0.393 e. The number of aliphatic hydroxyl groups is 3. The molecule has 0 bridgehead atoms. The Morgan fingerprint density at radius 1 is 1.26 bits per heavy atom. The third kappa shape index (κ3) is 2.78. The first-order valence-electron chi connectivity index (χ1n) is 6.30. The Bertz CT molecular complexity index is 321. The summed E-state index contributed by atoms with van der Waals surface area (Å²) in [6.45, 7) is 2.91.